The van der Waals surface area contributed by atoms with Crippen LogP contribution in [0.2, 0.25) is 0 Å². The van der Waals surface area contributed by atoms with Crippen LogP contribution < -0.4 is 5.73 Å². The van der Waals surface area contributed by atoms with Crippen LogP contribution in [0.3, 0.4) is 0 Å². The van der Waals surface area contributed by atoms with Crippen molar-refractivity contribution in [3.8, 4) is 5.75 Å². The molecular weight excluding hydrogens is 282 g/mol. The predicted molar refractivity (Wildman–Crippen MR) is 70.4 cm³/mol. The Balaban J connectivity index is 2.56. The van der Waals surface area contributed by atoms with Gasteiger partial charge in [0.2, 0.25) is 0 Å². The number of aliphatic hydroxyl groups excluding tert-OH is 3. The van der Waals surface area contributed by atoms with Gasteiger partial charge in [0.25, 0.3) is 0 Å². The van der Waals surface area contributed by atoms with Crippen molar-refractivity contribution in [3.05, 3.63) is 29.8 Å². The summed E-state index contributed by atoms with van der Waals surface area (Å²) in [5.41, 5.74) is 5.08. The molecule has 1 aromatic carbocycles. The summed E-state index contributed by atoms with van der Waals surface area (Å²) in [7, 11) is 0. The molecule has 6 N–H and O–H groups in total. The van der Waals surface area contributed by atoms with Crippen LogP contribution in [0.5, 0.6) is 5.75 Å². The number of para-hydroxylation sites is 1. The third kappa shape index (κ3) is 4.50. The van der Waals surface area contributed by atoms with Gasteiger partial charge in [0.1, 0.15) is 42.5 Å². The smallest absolute Gasteiger partial charge is 0.342 e. The Morgan fingerprint density at radius 1 is 1.24 bits per heavy atom. The first-order chi connectivity index (χ1) is 9.88. The van der Waals surface area contributed by atoms with Gasteiger partial charge < -0.3 is 35.7 Å². The van der Waals surface area contributed by atoms with Crippen molar-refractivity contribution in [2.24, 2.45) is 5.73 Å². The molecule has 0 radical (unpaired) electrons. The number of aliphatic hydroxyl groups is 3. The van der Waals surface area contributed by atoms with Gasteiger partial charge in [-0.1, -0.05) is 12.1 Å². The summed E-state index contributed by atoms with van der Waals surface area (Å²) in [5, 5.41) is 38.0. The molecule has 4 atom stereocenters. The van der Waals surface area contributed by atoms with Crippen LogP contribution in [-0.2, 0) is 9.53 Å². The molecular formula is C13H17NO7. The fourth-order valence-corrected chi connectivity index (χ4v) is 1.52. The number of phenols is 1. The van der Waals surface area contributed by atoms with Gasteiger partial charge >= 0.3 is 5.97 Å². The molecule has 8 nitrogen and oxygen atoms in total. The highest BCUT2D eigenvalue weighted by Gasteiger charge is 2.30. The van der Waals surface area contributed by atoms with Gasteiger partial charge in [0, 0.05) is 0 Å². The SMILES string of the molecule is N[C@@H](C=O)[C@@H](O)[C@H](O)[C@H](O)COC(=O)c1ccccc1O. The molecule has 0 amide bonds. The molecule has 21 heavy (non-hydrogen) atoms. The number of carbonyl (C=O) groups excluding carboxylic acids is 2. The summed E-state index contributed by atoms with van der Waals surface area (Å²) in [4.78, 5) is 22.0. The minimum atomic E-state index is -1.76. The normalized spacial score (nSPS) is 16.6. The fraction of sp³-hybridized carbons (Fsp3) is 0.385. The summed E-state index contributed by atoms with van der Waals surface area (Å²) >= 11 is 0. The number of phenolic OH excluding ortho intramolecular Hbond substituents is 1. The number of ether oxygens (including phenoxy) is 1. The Bertz CT molecular complexity index is 493. The van der Waals surface area contributed by atoms with E-state index in [1.54, 1.807) is 0 Å². The Morgan fingerprint density at radius 3 is 2.43 bits per heavy atom. The zero-order chi connectivity index (χ0) is 16.0. The van der Waals surface area contributed by atoms with E-state index in [0.717, 1.165) is 0 Å². The highest BCUT2D eigenvalue weighted by molar-refractivity contribution is 5.92. The van der Waals surface area contributed by atoms with E-state index >= 15 is 0 Å². The molecule has 0 fully saturated rings. The number of aromatic hydroxyl groups is 1. The van der Waals surface area contributed by atoms with Gasteiger partial charge in [0.15, 0.2) is 0 Å². The van der Waals surface area contributed by atoms with E-state index in [2.05, 4.69) is 0 Å². The summed E-state index contributed by atoms with van der Waals surface area (Å²) in [5.74, 6) is -1.20. The van der Waals surface area contributed by atoms with Crippen molar-refractivity contribution in [1.82, 2.24) is 0 Å². The van der Waals surface area contributed by atoms with E-state index in [1.807, 2.05) is 0 Å². The van der Waals surface area contributed by atoms with Gasteiger partial charge in [-0.15, -0.1) is 0 Å². The molecule has 0 saturated heterocycles. The lowest BCUT2D eigenvalue weighted by molar-refractivity contribution is -0.118. The van der Waals surface area contributed by atoms with Crippen molar-refractivity contribution < 1.29 is 34.8 Å². The topological polar surface area (TPSA) is 150 Å². The Morgan fingerprint density at radius 2 is 1.86 bits per heavy atom. The van der Waals surface area contributed by atoms with Gasteiger partial charge in [0.05, 0.1) is 6.04 Å². The lowest BCUT2D eigenvalue weighted by atomic mass is 10.0. The molecule has 0 bridgehead atoms. The van der Waals surface area contributed by atoms with Crippen LogP contribution in [0, 0.1) is 0 Å². The number of hydrogen-bond donors (Lipinski definition) is 5. The zero-order valence-corrected chi connectivity index (χ0v) is 11.0. The molecule has 1 aromatic rings. The number of nitrogens with two attached hydrogens (primary N) is 1. The molecule has 0 aliphatic carbocycles. The number of carbonyl (C=O) groups is 2. The summed E-state index contributed by atoms with van der Waals surface area (Å²) in [6.07, 6.45) is -4.88. The van der Waals surface area contributed by atoms with Crippen molar-refractivity contribution in [2.75, 3.05) is 6.61 Å². The standard InChI is InChI=1S/C13H17NO7/c14-8(5-15)11(18)12(19)10(17)6-21-13(20)7-3-1-2-4-9(7)16/h1-5,8,10-12,16-19H,6,14H2/t8-,10+,11+,12+/m0/s1. The number of hydrogen-bond acceptors (Lipinski definition) is 8. The largest absolute Gasteiger partial charge is 0.507 e. The molecule has 0 spiro atoms. The maximum absolute atomic E-state index is 11.6. The third-order valence-electron chi connectivity index (χ3n) is 2.80. The second-order valence-electron chi connectivity index (χ2n) is 4.38. The van der Waals surface area contributed by atoms with E-state index in [1.165, 1.54) is 24.3 Å². The monoisotopic (exact) mass is 299 g/mol. The first-order valence-electron chi connectivity index (χ1n) is 6.08. The molecule has 0 aromatic heterocycles. The van der Waals surface area contributed by atoms with Crippen molar-refractivity contribution in [2.45, 2.75) is 24.4 Å². The van der Waals surface area contributed by atoms with E-state index < -0.39 is 36.9 Å². The highest BCUT2D eigenvalue weighted by Crippen LogP contribution is 2.16. The number of benzene rings is 1. The molecule has 0 saturated carbocycles. The molecule has 8 heteroatoms. The number of rotatable bonds is 7. The molecule has 0 aliphatic heterocycles. The zero-order valence-electron chi connectivity index (χ0n) is 11.0. The van der Waals surface area contributed by atoms with Gasteiger partial charge in [-0.25, -0.2) is 4.79 Å². The second-order valence-corrected chi connectivity index (χ2v) is 4.38. The first kappa shape index (κ1) is 17.1. The van der Waals surface area contributed by atoms with Gasteiger partial charge in [-0.3, -0.25) is 0 Å². The molecule has 116 valence electrons. The third-order valence-corrected chi connectivity index (χ3v) is 2.80. The molecule has 0 heterocycles. The number of aldehydes is 1. The van der Waals surface area contributed by atoms with Crippen molar-refractivity contribution in [3.63, 3.8) is 0 Å². The van der Waals surface area contributed by atoms with Crippen LogP contribution in [-0.4, -0.2) is 63.6 Å². The van der Waals surface area contributed by atoms with E-state index in [0.29, 0.717) is 0 Å². The van der Waals surface area contributed by atoms with Gasteiger partial charge in [-0.05, 0) is 12.1 Å². The minimum absolute atomic E-state index is 0.107. The minimum Gasteiger partial charge on any atom is -0.507 e. The van der Waals surface area contributed by atoms with Gasteiger partial charge in [-0.2, -0.15) is 0 Å². The maximum Gasteiger partial charge on any atom is 0.342 e. The lowest BCUT2D eigenvalue weighted by Gasteiger charge is -2.24. The summed E-state index contributed by atoms with van der Waals surface area (Å²) < 4.78 is 4.71. The average molecular weight is 299 g/mol. The van der Waals surface area contributed by atoms with Crippen LogP contribution in [0.15, 0.2) is 24.3 Å². The van der Waals surface area contributed by atoms with Crippen molar-refractivity contribution >= 4 is 12.3 Å². The quantitative estimate of drug-likeness (QED) is 0.291. The predicted octanol–water partition coefficient (Wildman–Crippen LogP) is -1.84. The van der Waals surface area contributed by atoms with Crippen LogP contribution in [0.4, 0.5) is 0 Å². The second kappa shape index (κ2) is 7.70. The van der Waals surface area contributed by atoms with Crippen molar-refractivity contribution in [1.29, 1.82) is 0 Å². The molecule has 1 rings (SSSR count). The maximum atomic E-state index is 11.6. The van der Waals surface area contributed by atoms with E-state index in [-0.39, 0.29) is 17.6 Å². The first-order valence-corrected chi connectivity index (χ1v) is 6.08. The van der Waals surface area contributed by atoms with E-state index in [9.17, 15) is 30.0 Å². The van der Waals surface area contributed by atoms with Crippen LogP contribution >= 0.6 is 0 Å². The Hall–Kier alpha value is -2.00. The summed E-state index contributed by atoms with van der Waals surface area (Å²) in [6, 6.07) is 4.26. The van der Waals surface area contributed by atoms with E-state index in [4.69, 9.17) is 10.5 Å². The average Bonchev–Trinajstić information content (AvgIpc) is 2.50. The highest BCUT2D eigenvalue weighted by atomic mass is 16.5. The lowest BCUT2D eigenvalue weighted by Crippen LogP contribution is -2.50. The molecule has 0 unspecified atom stereocenters. The Kier molecular flexibility index (Phi) is 6.25. The van der Waals surface area contributed by atoms with Crippen LogP contribution in [0.1, 0.15) is 10.4 Å². The fourth-order valence-electron chi connectivity index (χ4n) is 1.52. The van der Waals surface area contributed by atoms with Crippen LogP contribution in [0.25, 0.3) is 0 Å². The Labute approximate surface area is 120 Å². The summed E-state index contributed by atoms with van der Waals surface area (Å²) in [6.45, 7) is -0.642. The molecule has 0 aliphatic rings. The number of esters is 1.